The molecule has 0 radical (unpaired) electrons. The zero-order valence-electron chi connectivity index (χ0n) is 18.8. The minimum atomic E-state index is -0.891. The van der Waals surface area contributed by atoms with Crippen molar-refractivity contribution in [1.82, 2.24) is 0 Å². The number of aromatic hydroxyl groups is 2. The number of hydrogen-bond acceptors (Lipinski definition) is 9. The molecule has 5 N–H and O–H groups in total. The molecular weight excluding hydrogens is 442 g/mol. The Kier molecular flexibility index (Phi) is 4.30. The molecule has 5 atom stereocenters. The van der Waals surface area contributed by atoms with Gasteiger partial charge in [0.2, 0.25) is 5.78 Å². The van der Waals surface area contributed by atoms with E-state index in [0.717, 1.165) is 0 Å². The zero-order valence-corrected chi connectivity index (χ0v) is 18.8. The molecule has 9 heteroatoms. The molecule has 2 aromatic rings. The van der Waals surface area contributed by atoms with Crippen LogP contribution in [0.15, 0.2) is 18.2 Å². The number of hydrogen-bond donors (Lipinski definition) is 4. The maximum atomic E-state index is 13.5. The molecule has 2 fully saturated rings. The minimum Gasteiger partial charge on any atom is -0.507 e. The van der Waals surface area contributed by atoms with Gasteiger partial charge in [-0.1, -0.05) is 12.1 Å². The smallest absolute Gasteiger partial charge is 0.202 e. The molecule has 0 amide bonds. The van der Waals surface area contributed by atoms with Gasteiger partial charge in [-0.05, 0) is 32.3 Å². The van der Waals surface area contributed by atoms with Gasteiger partial charge in [0.05, 0.1) is 35.4 Å². The molecule has 2 aromatic carbocycles. The van der Waals surface area contributed by atoms with E-state index in [1.165, 1.54) is 13.2 Å². The summed E-state index contributed by atoms with van der Waals surface area (Å²) in [4.78, 5) is 26.8. The maximum Gasteiger partial charge on any atom is 0.202 e. The van der Waals surface area contributed by atoms with E-state index in [1.807, 2.05) is 0 Å². The Bertz CT molecular complexity index is 1270. The maximum absolute atomic E-state index is 13.5. The lowest BCUT2D eigenvalue weighted by molar-refractivity contribution is -0.192. The Morgan fingerprint density at radius 1 is 1.12 bits per heavy atom. The molecule has 0 spiro atoms. The second kappa shape index (κ2) is 6.79. The van der Waals surface area contributed by atoms with Gasteiger partial charge in [0.1, 0.15) is 29.0 Å². The third kappa shape index (κ3) is 2.47. The molecule has 1 saturated carbocycles. The fourth-order valence-electron chi connectivity index (χ4n) is 5.97. The molecule has 9 nitrogen and oxygen atoms in total. The number of aliphatic hydroxyl groups is 1. The van der Waals surface area contributed by atoms with E-state index in [2.05, 4.69) is 0 Å². The molecule has 1 aliphatic heterocycles. The second-order valence-corrected chi connectivity index (χ2v) is 9.70. The number of phenols is 2. The lowest BCUT2D eigenvalue weighted by atomic mass is 9.77. The molecule has 0 aromatic heterocycles. The van der Waals surface area contributed by atoms with Gasteiger partial charge < -0.3 is 35.3 Å². The van der Waals surface area contributed by atoms with Crippen LogP contribution in [-0.2, 0) is 15.9 Å². The first-order chi connectivity index (χ1) is 16.1. The highest BCUT2D eigenvalue weighted by atomic mass is 16.7. The highest BCUT2D eigenvalue weighted by Crippen LogP contribution is 2.59. The summed E-state index contributed by atoms with van der Waals surface area (Å²) in [5.74, 6) is -1.62. The van der Waals surface area contributed by atoms with E-state index in [9.17, 15) is 24.9 Å². The van der Waals surface area contributed by atoms with Crippen LogP contribution >= 0.6 is 0 Å². The van der Waals surface area contributed by atoms with Crippen LogP contribution in [0.1, 0.15) is 75.3 Å². The van der Waals surface area contributed by atoms with Crippen molar-refractivity contribution in [3.8, 4) is 17.2 Å². The van der Waals surface area contributed by atoms with Crippen molar-refractivity contribution in [2.45, 2.75) is 62.2 Å². The molecule has 1 saturated heterocycles. The molecule has 0 bridgehead atoms. The third-order valence-electron chi connectivity index (χ3n) is 8.02. The first-order valence-corrected chi connectivity index (χ1v) is 11.3. The number of ketones is 2. The van der Waals surface area contributed by atoms with Crippen molar-refractivity contribution in [1.29, 1.82) is 0 Å². The summed E-state index contributed by atoms with van der Waals surface area (Å²) in [7, 11) is 1.39. The number of methoxy groups -OCH3 is 1. The monoisotopic (exact) mass is 467 g/mol. The molecule has 4 unspecified atom stereocenters. The summed E-state index contributed by atoms with van der Waals surface area (Å²) >= 11 is 0. The molecule has 178 valence electrons. The average Bonchev–Trinajstić information content (AvgIpc) is 3.07. The summed E-state index contributed by atoms with van der Waals surface area (Å²) in [5.41, 5.74) is 4.84. The summed E-state index contributed by atoms with van der Waals surface area (Å²) in [6.45, 7) is 1.73. The second-order valence-electron chi connectivity index (χ2n) is 9.70. The van der Waals surface area contributed by atoms with Crippen LogP contribution in [0.4, 0.5) is 0 Å². The van der Waals surface area contributed by atoms with Crippen molar-refractivity contribution in [3.63, 3.8) is 0 Å². The van der Waals surface area contributed by atoms with Crippen molar-refractivity contribution in [2.75, 3.05) is 7.11 Å². The topological polar surface area (TPSA) is 149 Å². The van der Waals surface area contributed by atoms with Crippen molar-refractivity contribution in [3.05, 3.63) is 51.6 Å². The minimum absolute atomic E-state index is 0.0524. The molecular formula is C25H25NO8. The number of phenolic OH excluding ortho intramolecular Hbond substituents is 2. The Morgan fingerprint density at radius 2 is 1.85 bits per heavy atom. The van der Waals surface area contributed by atoms with Gasteiger partial charge in [-0.25, -0.2) is 0 Å². The molecule has 6 rings (SSSR count). The number of carbonyl (C=O) groups excluding carboxylic acids is 2. The molecule has 4 aliphatic rings. The van der Waals surface area contributed by atoms with Gasteiger partial charge in [-0.3, -0.25) is 9.59 Å². The van der Waals surface area contributed by atoms with Crippen LogP contribution in [0.25, 0.3) is 0 Å². The third-order valence-corrected chi connectivity index (χ3v) is 8.02. The van der Waals surface area contributed by atoms with Crippen LogP contribution in [0.2, 0.25) is 0 Å². The van der Waals surface area contributed by atoms with E-state index in [0.29, 0.717) is 24.8 Å². The van der Waals surface area contributed by atoms with E-state index >= 15 is 0 Å². The van der Waals surface area contributed by atoms with E-state index in [1.54, 1.807) is 19.1 Å². The number of ether oxygens (including phenoxy) is 3. The number of nitrogens with two attached hydrogens (primary N) is 1. The first kappa shape index (κ1) is 21.5. The van der Waals surface area contributed by atoms with E-state index in [-0.39, 0.29) is 51.5 Å². The predicted molar refractivity (Wildman–Crippen MR) is 117 cm³/mol. The van der Waals surface area contributed by atoms with Gasteiger partial charge in [-0.15, -0.1) is 0 Å². The van der Waals surface area contributed by atoms with Crippen LogP contribution in [0.5, 0.6) is 17.2 Å². The van der Waals surface area contributed by atoms with Crippen molar-refractivity contribution in [2.24, 2.45) is 5.73 Å². The molecule has 1 heterocycles. The first-order valence-electron chi connectivity index (χ1n) is 11.3. The Balaban J connectivity index is 1.44. The van der Waals surface area contributed by atoms with Crippen molar-refractivity contribution >= 4 is 11.6 Å². The highest BCUT2D eigenvalue weighted by molar-refractivity contribution is 6.31. The standard InChI is InChI=1S/C25H25NO8/c1-24-23(31)25(24,26)9-14(34-24)33-13-8-4-6-11-16(13)22(30)18-17(20(11)28)19(27)10-5-3-7-12(32-2)15(10)21(18)29/h3,5,7,13-14,23,28,30-31H,4,6,8-9,26H2,1-2H3/t13-,14?,23?,24?,25?/m0/s1. The Morgan fingerprint density at radius 3 is 2.53 bits per heavy atom. The Labute approximate surface area is 195 Å². The SMILES string of the molecule is COc1cccc2c1C(=O)c1c(O)c3c(c(O)c1C2=O)CCC[C@@H]3OC1CC2(N)C(O)C2(C)O1. The highest BCUT2D eigenvalue weighted by Gasteiger charge is 2.78. The summed E-state index contributed by atoms with van der Waals surface area (Å²) in [6, 6.07) is 4.67. The predicted octanol–water partition coefficient (Wildman–Crippen LogP) is 1.85. The lowest BCUT2D eigenvalue weighted by Crippen LogP contribution is -2.31. The fraction of sp³-hybridized carbons (Fsp3) is 0.440. The largest absolute Gasteiger partial charge is 0.507 e. The average molecular weight is 467 g/mol. The number of fused-ring (bicyclic) bond motifs is 4. The van der Waals surface area contributed by atoms with Gasteiger partial charge in [0.25, 0.3) is 0 Å². The van der Waals surface area contributed by atoms with Crippen molar-refractivity contribution < 1.29 is 39.1 Å². The number of aliphatic hydroxyl groups excluding tert-OH is 1. The normalized spacial score (nSPS) is 33.1. The zero-order chi connectivity index (χ0) is 24.2. The summed E-state index contributed by atoms with van der Waals surface area (Å²) in [6.07, 6.45) is -0.346. The Hall–Kier alpha value is -2.98. The quantitative estimate of drug-likeness (QED) is 0.423. The molecule has 34 heavy (non-hydrogen) atoms. The van der Waals surface area contributed by atoms with Crippen LogP contribution in [-0.4, -0.2) is 57.5 Å². The lowest BCUT2D eigenvalue weighted by Gasteiger charge is -2.32. The summed E-state index contributed by atoms with van der Waals surface area (Å²) in [5, 5.41) is 32.5. The van der Waals surface area contributed by atoms with E-state index < -0.39 is 41.2 Å². The van der Waals surface area contributed by atoms with Gasteiger partial charge >= 0.3 is 0 Å². The fourth-order valence-corrected chi connectivity index (χ4v) is 5.97. The number of carbonyl (C=O) groups is 2. The van der Waals surface area contributed by atoms with Gasteiger partial charge in [0, 0.05) is 23.1 Å². The van der Waals surface area contributed by atoms with Crippen LogP contribution in [0.3, 0.4) is 0 Å². The van der Waals surface area contributed by atoms with Crippen LogP contribution in [0, 0.1) is 0 Å². The van der Waals surface area contributed by atoms with Gasteiger partial charge in [-0.2, -0.15) is 0 Å². The molecule has 3 aliphatic carbocycles. The summed E-state index contributed by atoms with van der Waals surface area (Å²) < 4.78 is 17.3. The van der Waals surface area contributed by atoms with Crippen LogP contribution < -0.4 is 10.5 Å². The van der Waals surface area contributed by atoms with E-state index in [4.69, 9.17) is 19.9 Å². The number of rotatable bonds is 3. The number of benzene rings is 2. The van der Waals surface area contributed by atoms with Gasteiger partial charge in [0.15, 0.2) is 12.1 Å².